The second kappa shape index (κ2) is 4.76. The second-order valence-corrected chi connectivity index (χ2v) is 5.25. The fraction of sp³-hybridized carbons (Fsp3) is 0.125. The van der Waals surface area contributed by atoms with E-state index in [1.807, 2.05) is 31.2 Å². The number of hydrogen-bond acceptors (Lipinski definition) is 2. The first-order chi connectivity index (χ1) is 9.58. The van der Waals surface area contributed by atoms with Crippen LogP contribution in [0.1, 0.15) is 21.5 Å². The summed E-state index contributed by atoms with van der Waals surface area (Å²) in [5.41, 5.74) is 3.01. The van der Waals surface area contributed by atoms with Gasteiger partial charge in [0.2, 0.25) is 0 Å². The van der Waals surface area contributed by atoms with Gasteiger partial charge in [-0.3, -0.25) is 14.5 Å². The monoisotopic (exact) mass is 285 g/mol. The van der Waals surface area contributed by atoms with Gasteiger partial charge in [0.1, 0.15) is 0 Å². The predicted molar refractivity (Wildman–Crippen MR) is 78.2 cm³/mol. The third-order valence-corrected chi connectivity index (χ3v) is 3.71. The largest absolute Gasteiger partial charge is 0.299 e. The summed E-state index contributed by atoms with van der Waals surface area (Å²) >= 11 is 6.14. The molecule has 1 amide bonds. The van der Waals surface area contributed by atoms with Crippen LogP contribution in [-0.2, 0) is 11.3 Å². The SMILES string of the molecule is Cc1ccc(CN2C(=O)C(=O)c3cccc(Cl)c32)cc1. The summed E-state index contributed by atoms with van der Waals surface area (Å²) in [5, 5.41) is 0.425. The molecule has 0 spiro atoms. The van der Waals surface area contributed by atoms with Crippen molar-refractivity contribution >= 4 is 29.0 Å². The number of rotatable bonds is 2. The predicted octanol–water partition coefficient (Wildman–Crippen LogP) is 3.38. The number of fused-ring (bicyclic) bond motifs is 1. The molecule has 0 saturated heterocycles. The molecule has 0 radical (unpaired) electrons. The summed E-state index contributed by atoms with van der Waals surface area (Å²) in [7, 11) is 0. The van der Waals surface area contributed by atoms with Crippen molar-refractivity contribution in [1.82, 2.24) is 0 Å². The molecule has 0 N–H and O–H groups in total. The quantitative estimate of drug-likeness (QED) is 0.793. The molecule has 4 heteroatoms. The number of amides is 1. The Morgan fingerprint density at radius 1 is 1.05 bits per heavy atom. The molecule has 20 heavy (non-hydrogen) atoms. The number of nitrogens with zero attached hydrogens (tertiary/aromatic N) is 1. The lowest BCUT2D eigenvalue weighted by Gasteiger charge is -2.17. The third-order valence-electron chi connectivity index (χ3n) is 3.40. The molecule has 0 saturated carbocycles. The molecule has 0 fully saturated rings. The number of aryl methyl sites for hydroxylation is 1. The van der Waals surface area contributed by atoms with Crippen molar-refractivity contribution in [2.45, 2.75) is 13.5 Å². The Bertz CT molecular complexity index is 707. The summed E-state index contributed by atoms with van der Waals surface area (Å²) in [6.07, 6.45) is 0. The molecule has 0 atom stereocenters. The molecule has 1 aliphatic rings. The van der Waals surface area contributed by atoms with Crippen LogP contribution in [0.25, 0.3) is 0 Å². The van der Waals surface area contributed by atoms with E-state index in [1.54, 1.807) is 18.2 Å². The van der Waals surface area contributed by atoms with Crippen molar-refractivity contribution < 1.29 is 9.59 Å². The van der Waals surface area contributed by atoms with E-state index in [4.69, 9.17) is 11.6 Å². The van der Waals surface area contributed by atoms with Crippen molar-refractivity contribution in [2.24, 2.45) is 0 Å². The average molecular weight is 286 g/mol. The van der Waals surface area contributed by atoms with Gasteiger partial charge in [0.05, 0.1) is 22.8 Å². The van der Waals surface area contributed by atoms with Gasteiger partial charge in [0.25, 0.3) is 11.7 Å². The maximum atomic E-state index is 12.1. The van der Waals surface area contributed by atoms with Crippen LogP contribution in [0, 0.1) is 6.92 Å². The van der Waals surface area contributed by atoms with Crippen LogP contribution >= 0.6 is 11.6 Å². The van der Waals surface area contributed by atoms with Gasteiger partial charge in [0.15, 0.2) is 0 Å². The first kappa shape index (κ1) is 12.9. The Kier molecular flexibility index (Phi) is 3.07. The number of Topliss-reactive ketones (excluding diaryl/α,β-unsaturated/α-hetero) is 1. The highest BCUT2D eigenvalue weighted by Crippen LogP contribution is 2.36. The van der Waals surface area contributed by atoms with Crippen LogP contribution in [-0.4, -0.2) is 11.7 Å². The molecule has 0 bridgehead atoms. The molecular weight excluding hydrogens is 274 g/mol. The lowest BCUT2D eigenvalue weighted by molar-refractivity contribution is -0.114. The highest BCUT2D eigenvalue weighted by molar-refractivity contribution is 6.54. The fourth-order valence-electron chi connectivity index (χ4n) is 2.34. The van der Waals surface area contributed by atoms with Crippen LogP contribution < -0.4 is 4.90 Å². The van der Waals surface area contributed by atoms with E-state index in [9.17, 15) is 9.59 Å². The minimum atomic E-state index is -0.520. The van der Waals surface area contributed by atoms with Gasteiger partial charge < -0.3 is 0 Å². The van der Waals surface area contributed by atoms with E-state index >= 15 is 0 Å². The van der Waals surface area contributed by atoms with Gasteiger partial charge in [-0.25, -0.2) is 0 Å². The lowest BCUT2D eigenvalue weighted by atomic mass is 10.1. The van der Waals surface area contributed by atoms with Gasteiger partial charge in [-0.05, 0) is 24.6 Å². The molecule has 3 nitrogen and oxygen atoms in total. The van der Waals surface area contributed by atoms with Gasteiger partial charge in [0, 0.05) is 0 Å². The van der Waals surface area contributed by atoms with Crippen LogP contribution in [0.2, 0.25) is 5.02 Å². The third kappa shape index (κ3) is 2.00. The van der Waals surface area contributed by atoms with Crippen LogP contribution in [0.4, 0.5) is 5.69 Å². The van der Waals surface area contributed by atoms with Crippen molar-refractivity contribution in [2.75, 3.05) is 4.90 Å². The van der Waals surface area contributed by atoms with Crippen LogP contribution in [0.5, 0.6) is 0 Å². The zero-order chi connectivity index (χ0) is 14.3. The number of ketones is 1. The Labute approximate surface area is 121 Å². The molecule has 0 aromatic heterocycles. The summed E-state index contributed by atoms with van der Waals surface area (Å²) in [4.78, 5) is 25.5. The smallest absolute Gasteiger partial charge is 0.299 e. The number of benzene rings is 2. The highest BCUT2D eigenvalue weighted by Gasteiger charge is 2.37. The van der Waals surface area contributed by atoms with Crippen LogP contribution in [0.15, 0.2) is 42.5 Å². The van der Waals surface area contributed by atoms with E-state index in [2.05, 4.69) is 0 Å². The number of hydrogen-bond donors (Lipinski definition) is 0. The van der Waals surface area contributed by atoms with Crippen LogP contribution in [0.3, 0.4) is 0 Å². The summed E-state index contributed by atoms with van der Waals surface area (Å²) in [5.74, 6) is -1.01. The van der Waals surface area contributed by atoms with E-state index in [1.165, 1.54) is 4.90 Å². The Hall–Kier alpha value is -2.13. The molecule has 0 unspecified atom stereocenters. The second-order valence-electron chi connectivity index (χ2n) is 4.84. The minimum Gasteiger partial charge on any atom is -0.299 e. The lowest BCUT2D eigenvalue weighted by Crippen LogP contribution is -2.29. The van der Waals surface area contributed by atoms with Crippen molar-refractivity contribution in [3.8, 4) is 0 Å². The maximum absolute atomic E-state index is 12.1. The van der Waals surface area contributed by atoms with E-state index in [-0.39, 0.29) is 0 Å². The molecule has 0 aliphatic carbocycles. The van der Waals surface area contributed by atoms with Gasteiger partial charge in [-0.15, -0.1) is 0 Å². The fourth-order valence-corrected chi connectivity index (χ4v) is 2.62. The Morgan fingerprint density at radius 2 is 1.75 bits per heavy atom. The number of para-hydroxylation sites is 1. The van der Waals surface area contributed by atoms with Gasteiger partial charge in [-0.2, -0.15) is 0 Å². The van der Waals surface area contributed by atoms with Crippen molar-refractivity contribution in [1.29, 1.82) is 0 Å². The number of carbonyl (C=O) groups excluding carboxylic acids is 2. The average Bonchev–Trinajstić information content (AvgIpc) is 2.68. The van der Waals surface area contributed by atoms with Gasteiger partial charge >= 0.3 is 0 Å². The van der Waals surface area contributed by atoms with Crippen molar-refractivity contribution in [3.05, 3.63) is 64.2 Å². The number of carbonyl (C=O) groups is 2. The molecule has 2 aromatic rings. The molecule has 3 rings (SSSR count). The van der Waals surface area contributed by atoms with E-state index in [0.717, 1.165) is 11.1 Å². The zero-order valence-corrected chi connectivity index (χ0v) is 11.6. The van der Waals surface area contributed by atoms with E-state index in [0.29, 0.717) is 22.8 Å². The minimum absolute atomic E-state index is 0.349. The van der Waals surface area contributed by atoms with Gasteiger partial charge in [-0.1, -0.05) is 47.5 Å². The first-order valence-electron chi connectivity index (χ1n) is 6.28. The summed E-state index contributed by atoms with van der Waals surface area (Å²) < 4.78 is 0. The van der Waals surface area contributed by atoms with Crippen molar-refractivity contribution in [3.63, 3.8) is 0 Å². The zero-order valence-electron chi connectivity index (χ0n) is 10.9. The normalized spacial score (nSPS) is 13.8. The first-order valence-corrected chi connectivity index (χ1v) is 6.66. The molecule has 1 heterocycles. The summed E-state index contributed by atoms with van der Waals surface area (Å²) in [6, 6.07) is 12.9. The molecular formula is C16H12ClNO2. The highest BCUT2D eigenvalue weighted by atomic mass is 35.5. The molecule has 1 aliphatic heterocycles. The molecule has 100 valence electrons. The number of anilines is 1. The Balaban J connectivity index is 2.01. The molecule has 2 aromatic carbocycles. The Morgan fingerprint density at radius 3 is 2.45 bits per heavy atom. The maximum Gasteiger partial charge on any atom is 0.299 e. The van der Waals surface area contributed by atoms with E-state index < -0.39 is 11.7 Å². The number of halogens is 1. The standard InChI is InChI=1S/C16H12ClNO2/c1-10-5-7-11(8-6-10)9-18-14-12(15(19)16(18)20)3-2-4-13(14)17/h2-8H,9H2,1H3. The summed E-state index contributed by atoms with van der Waals surface area (Å²) in [6.45, 7) is 2.35. The topological polar surface area (TPSA) is 37.4 Å².